The summed E-state index contributed by atoms with van der Waals surface area (Å²) >= 11 is 0. The zero-order valence-electron chi connectivity index (χ0n) is 11.1. The van der Waals surface area contributed by atoms with Crippen molar-refractivity contribution in [1.82, 2.24) is 4.98 Å². The van der Waals surface area contributed by atoms with E-state index in [0.29, 0.717) is 24.5 Å². The number of hydrogen-bond acceptors (Lipinski definition) is 4. The molecule has 0 aliphatic rings. The van der Waals surface area contributed by atoms with Crippen LogP contribution in [0.15, 0.2) is 42.6 Å². The van der Waals surface area contributed by atoms with Gasteiger partial charge in [0.2, 0.25) is 0 Å². The average molecular weight is 274 g/mol. The largest absolute Gasteiger partial charge is 0.462 e. The number of halogens is 1. The van der Waals surface area contributed by atoms with Crippen LogP contribution in [0.4, 0.5) is 10.2 Å². The molecule has 0 unspecified atom stereocenters. The average Bonchev–Trinajstić information content (AvgIpc) is 2.46. The number of nitrogens with zero attached hydrogens (tertiary/aromatic N) is 1. The molecule has 5 heteroatoms. The zero-order valence-corrected chi connectivity index (χ0v) is 11.1. The van der Waals surface area contributed by atoms with Crippen LogP contribution in [0.2, 0.25) is 0 Å². The minimum absolute atomic E-state index is 0.269. The highest BCUT2D eigenvalue weighted by Gasteiger charge is 2.06. The smallest absolute Gasteiger partial charge is 0.339 e. The molecular weight excluding hydrogens is 259 g/mol. The minimum atomic E-state index is -0.392. The van der Waals surface area contributed by atoms with E-state index in [2.05, 4.69) is 10.3 Å². The van der Waals surface area contributed by atoms with E-state index in [0.717, 1.165) is 5.56 Å². The third-order valence-electron chi connectivity index (χ3n) is 2.64. The topological polar surface area (TPSA) is 51.2 Å². The van der Waals surface area contributed by atoms with Gasteiger partial charge in [0.25, 0.3) is 0 Å². The van der Waals surface area contributed by atoms with Gasteiger partial charge in [-0.2, -0.15) is 0 Å². The van der Waals surface area contributed by atoms with Crippen molar-refractivity contribution in [2.45, 2.75) is 13.5 Å². The number of ether oxygens (including phenoxy) is 1. The van der Waals surface area contributed by atoms with E-state index in [4.69, 9.17) is 4.74 Å². The predicted octanol–water partition coefficient (Wildman–Crippen LogP) is 3.01. The lowest BCUT2D eigenvalue weighted by Crippen LogP contribution is -2.06. The van der Waals surface area contributed by atoms with Gasteiger partial charge in [-0.05, 0) is 36.8 Å². The lowest BCUT2D eigenvalue weighted by Gasteiger charge is -2.06. The number of pyridine rings is 1. The molecule has 0 radical (unpaired) electrons. The van der Waals surface area contributed by atoms with Gasteiger partial charge in [0.05, 0.1) is 12.2 Å². The van der Waals surface area contributed by atoms with Gasteiger partial charge in [-0.3, -0.25) is 0 Å². The summed E-state index contributed by atoms with van der Waals surface area (Å²) in [7, 11) is 0. The summed E-state index contributed by atoms with van der Waals surface area (Å²) in [5.41, 5.74) is 1.23. The second-order valence-electron chi connectivity index (χ2n) is 4.14. The van der Waals surface area contributed by atoms with Crippen molar-refractivity contribution in [3.63, 3.8) is 0 Å². The van der Waals surface area contributed by atoms with Crippen LogP contribution in [0.1, 0.15) is 22.8 Å². The first kappa shape index (κ1) is 14.0. The summed E-state index contributed by atoms with van der Waals surface area (Å²) in [6.45, 7) is 2.54. The van der Waals surface area contributed by atoms with Crippen LogP contribution in [-0.2, 0) is 11.3 Å². The van der Waals surface area contributed by atoms with Crippen LogP contribution >= 0.6 is 0 Å². The maximum atomic E-state index is 13.0. The second kappa shape index (κ2) is 6.65. The lowest BCUT2D eigenvalue weighted by atomic mass is 10.2. The van der Waals surface area contributed by atoms with Gasteiger partial charge in [-0.15, -0.1) is 0 Å². The molecule has 2 aromatic rings. The summed E-state index contributed by atoms with van der Waals surface area (Å²) in [5.74, 6) is -0.0473. The van der Waals surface area contributed by atoms with Gasteiger partial charge in [0, 0.05) is 12.7 Å². The van der Waals surface area contributed by atoms with Crippen molar-refractivity contribution in [2.24, 2.45) is 0 Å². The summed E-state index contributed by atoms with van der Waals surface area (Å²) in [5, 5.41) is 3.06. The number of carbonyl (C=O) groups excluding carboxylic acids is 1. The number of esters is 1. The van der Waals surface area contributed by atoms with Crippen LogP contribution in [0.5, 0.6) is 0 Å². The molecule has 4 nitrogen and oxygen atoms in total. The Kier molecular flexibility index (Phi) is 4.65. The number of carbonyl (C=O) groups is 1. The molecule has 0 bridgehead atoms. The lowest BCUT2D eigenvalue weighted by molar-refractivity contribution is 0.0526. The molecule has 1 heterocycles. The Morgan fingerprint density at radius 2 is 2.20 bits per heavy atom. The standard InChI is InChI=1S/C15H15FN2O2/c1-2-20-15(19)12-6-7-14(18-10-12)17-9-11-4-3-5-13(16)8-11/h3-8,10H,2,9H2,1H3,(H,17,18). The molecule has 0 saturated carbocycles. The number of aromatic nitrogens is 1. The van der Waals surface area contributed by atoms with E-state index in [1.807, 2.05) is 6.07 Å². The zero-order chi connectivity index (χ0) is 14.4. The number of benzene rings is 1. The van der Waals surface area contributed by atoms with Gasteiger partial charge in [0.15, 0.2) is 0 Å². The van der Waals surface area contributed by atoms with E-state index in [-0.39, 0.29) is 5.82 Å². The van der Waals surface area contributed by atoms with Crippen molar-refractivity contribution in [3.8, 4) is 0 Å². The molecule has 0 aliphatic heterocycles. The monoisotopic (exact) mass is 274 g/mol. The Balaban J connectivity index is 1.95. The molecular formula is C15H15FN2O2. The number of rotatable bonds is 5. The van der Waals surface area contributed by atoms with Crippen molar-refractivity contribution < 1.29 is 13.9 Å². The number of hydrogen-bond donors (Lipinski definition) is 1. The first-order chi connectivity index (χ1) is 9.69. The molecule has 0 fully saturated rings. The number of nitrogens with one attached hydrogen (secondary N) is 1. The molecule has 0 atom stereocenters. The maximum Gasteiger partial charge on any atom is 0.339 e. The third kappa shape index (κ3) is 3.78. The van der Waals surface area contributed by atoms with Crippen molar-refractivity contribution >= 4 is 11.8 Å². The van der Waals surface area contributed by atoms with Gasteiger partial charge in [-0.1, -0.05) is 12.1 Å². The quantitative estimate of drug-likeness (QED) is 0.851. The highest BCUT2D eigenvalue weighted by Crippen LogP contribution is 2.09. The number of anilines is 1. The second-order valence-corrected chi connectivity index (χ2v) is 4.14. The Morgan fingerprint density at radius 1 is 1.35 bits per heavy atom. The van der Waals surface area contributed by atoms with Crippen molar-refractivity contribution in [1.29, 1.82) is 0 Å². The third-order valence-corrected chi connectivity index (χ3v) is 2.64. The van der Waals surface area contributed by atoms with E-state index in [9.17, 15) is 9.18 Å². The summed E-state index contributed by atoms with van der Waals surface area (Å²) < 4.78 is 17.9. The summed E-state index contributed by atoms with van der Waals surface area (Å²) in [6, 6.07) is 9.66. The normalized spacial score (nSPS) is 10.1. The summed E-state index contributed by atoms with van der Waals surface area (Å²) in [6.07, 6.45) is 1.45. The molecule has 20 heavy (non-hydrogen) atoms. The Morgan fingerprint density at radius 3 is 2.85 bits per heavy atom. The molecule has 2 rings (SSSR count). The fraction of sp³-hybridized carbons (Fsp3) is 0.200. The van der Waals surface area contributed by atoms with E-state index < -0.39 is 5.97 Å². The fourth-order valence-electron chi connectivity index (χ4n) is 1.67. The first-order valence-electron chi connectivity index (χ1n) is 6.30. The molecule has 1 aromatic carbocycles. The highest BCUT2D eigenvalue weighted by atomic mass is 19.1. The summed E-state index contributed by atoms with van der Waals surface area (Å²) in [4.78, 5) is 15.6. The van der Waals surface area contributed by atoms with Crippen molar-refractivity contribution in [3.05, 3.63) is 59.5 Å². The Bertz CT molecular complexity index is 585. The molecule has 0 spiro atoms. The van der Waals surface area contributed by atoms with E-state index in [1.54, 1.807) is 25.1 Å². The minimum Gasteiger partial charge on any atom is -0.462 e. The Labute approximate surface area is 116 Å². The molecule has 0 amide bonds. The van der Waals surface area contributed by atoms with Gasteiger partial charge in [-0.25, -0.2) is 14.2 Å². The highest BCUT2D eigenvalue weighted by molar-refractivity contribution is 5.89. The van der Waals surface area contributed by atoms with Crippen LogP contribution in [0.25, 0.3) is 0 Å². The van der Waals surface area contributed by atoms with E-state index >= 15 is 0 Å². The Hall–Kier alpha value is -2.43. The van der Waals surface area contributed by atoms with Gasteiger partial charge >= 0.3 is 5.97 Å². The van der Waals surface area contributed by atoms with Crippen molar-refractivity contribution in [2.75, 3.05) is 11.9 Å². The van der Waals surface area contributed by atoms with Crippen LogP contribution in [0.3, 0.4) is 0 Å². The maximum absolute atomic E-state index is 13.0. The fourth-order valence-corrected chi connectivity index (χ4v) is 1.67. The predicted molar refractivity (Wildman–Crippen MR) is 73.9 cm³/mol. The molecule has 0 saturated heterocycles. The first-order valence-corrected chi connectivity index (χ1v) is 6.30. The van der Waals surface area contributed by atoms with Crippen LogP contribution in [0, 0.1) is 5.82 Å². The molecule has 1 aromatic heterocycles. The molecule has 1 N–H and O–H groups in total. The SMILES string of the molecule is CCOC(=O)c1ccc(NCc2cccc(F)c2)nc1. The van der Waals surface area contributed by atoms with Gasteiger partial charge < -0.3 is 10.1 Å². The van der Waals surface area contributed by atoms with Gasteiger partial charge in [0.1, 0.15) is 11.6 Å². The van der Waals surface area contributed by atoms with Crippen LogP contribution in [-0.4, -0.2) is 17.6 Å². The van der Waals surface area contributed by atoms with E-state index in [1.165, 1.54) is 18.3 Å². The van der Waals surface area contributed by atoms with Crippen LogP contribution < -0.4 is 5.32 Å². The molecule has 104 valence electrons. The molecule has 0 aliphatic carbocycles.